The average molecular weight is 274 g/mol. The van der Waals surface area contributed by atoms with Crippen molar-refractivity contribution in [3.05, 3.63) is 23.0 Å². The zero-order chi connectivity index (χ0) is 13.3. The molecule has 1 aromatic carbocycles. The standard InChI is InChI=1S/C11H13ClFN3O2/c12-6-3-8(14)9(4-7(6)13)16-1-2-18-5-10(16)11(15)17/h3-4,10H,1-2,5,14H2,(H2,15,17). The minimum absolute atomic E-state index is 0.0554. The molecule has 1 fully saturated rings. The molecule has 7 heteroatoms. The Morgan fingerprint density at radius 3 is 2.94 bits per heavy atom. The van der Waals surface area contributed by atoms with E-state index in [9.17, 15) is 9.18 Å². The normalized spacial score (nSPS) is 19.9. The first-order valence-electron chi connectivity index (χ1n) is 5.39. The number of benzene rings is 1. The molecule has 1 saturated heterocycles. The van der Waals surface area contributed by atoms with Crippen molar-refractivity contribution >= 4 is 28.9 Å². The fourth-order valence-corrected chi connectivity index (χ4v) is 2.10. The van der Waals surface area contributed by atoms with Crippen LogP contribution in [0.25, 0.3) is 0 Å². The number of hydrogen-bond acceptors (Lipinski definition) is 4. The molecule has 0 saturated carbocycles. The Labute approximate surface area is 108 Å². The third kappa shape index (κ3) is 2.34. The Balaban J connectivity index is 2.39. The number of carbonyl (C=O) groups excluding carboxylic acids is 1. The van der Waals surface area contributed by atoms with Crippen LogP contribution >= 0.6 is 11.6 Å². The zero-order valence-electron chi connectivity index (χ0n) is 9.53. The lowest BCUT2D eigenvalue weighted by atomic mass is 10.1. The predicted octanol–water partition coefficient (Wildman–Crippen LogP) is 0.752. The quantitative estimate of drug-likeness (QED) is 0.779. The van der Waals surface area contributed by atoms with Crippen molar-refractivity contribution in [2.24, 2.45) is 5.73 Å². The van der Waals surface area contributed by atoms with Crippen molar-refractivity contribution in [3.63, 3.8) is 0 Å². The molecule has 18 heavy (non-hydrogen) atoms. The number of nitrogens with zero attached hydrogens (tertiary/aromatic N) is 1. The maximum Gasteiger partial charge on any atom is 0.242 e. The van der Waals surface area contributed by atoms with Gasteiger partial charge in [-0.05, 0) is 6.07 Å². The Morgan fingerprint density at radius 2 is 2.28 bits per heavy atom. The first kappa shape index (κ1) is 12.9. The van der Waals surface area contributed by atoms with Crippen molar-refractivity contribution < 1.29 is 13.9 Å². The van der Waals surface area contributed by atoms with Crippen molar-refractivity contribution in [2.45, 2.75) is 6.04 Å². The highest BCUT2D eigenvalue weighted by Gasteiger charge is 2.29. The Morgan fingerprint density at radius 1 is 1.56 bits per heavy atom. The molecule has 5 nitrogen and oxygen atoms in total. The molecule has 1 aromatic rings. The van der Waals surface area contributed by atoms with Gasteiger partial charge in [-0.3, -0.25) is 4.79 Å². The first-order chi connectivity index (χ1) is 8.50. The minimum atomic E-state index is -0.651. The summed E-state index contributed by atoms with van der Waals surface area (Å²) < 4.78 is 18.7. The molecule has 98 valence electrons. The van der Waals surface area contributed by atoms with Gasteiger partial charge < -0.3 is 21.1 Å². The van der Waals surface area contributed by atoms with Crippen LogP contribution in [0.15, 0.2) is 12.1 Å². The van der Waals surface area contributed by atoms with Gasteiger partial charge in [-0.1, -0.05) is 11.6 Å². The van der Waals surface area contributed by atoms with E-state index < -0.39 is 17.8 Å². The van der Waals surface area contributed by atoms with Crippen molar-refractivity contribution in [3.8, 4) is 0 Å². The molecule has 1 aliphatic heterocycles. The molecule has 1 heterocycles. The smallest absolute Gasteiger partial charge is 0.242 e. The molecule has 4 N–H and O–H groups in total. The molecule has 0 aromatic heterocycles. The summed E-state index contributed by atoms with van der Waals surface area (Å²) in [6.45, 7) is 1.01. The fraction of sp³-hybridized carbons (Fsp3) is 0.364. The monoisotopic (exact) mass is 273 g/mol. The van der Waals surface area contributed by atoms with Gasteiger partial charge in [-0.15, -0.1) is 0 Å². The topological polar surface area (TPSA) is 81.6 Å². The fourth-order valence-electron chi connectivity index (χ4n) is 1.93. The van der Waals surface area contributed by atoms with E-state index in [1.165, 1.54) is 12.1 Å². The average Bonchev–Trinajstić information content (AvgIpc) is 2.34. The van der Waals surface area contributed by atoms with Crippen LogP contribution in [0, 0.1) is 5.82 Å². The van der Waals surface area contributed by atoms with Gasteiger partial charge in [-0.25, -0.2) is 4.39 Å². The van der Waals surface area contributed by atoms with E-state index in [-0.39, 0.29) is 11.6 Å². The lowest BCUT2D eigenvalue weighted by Gasteiger charge is -2.36. The van der Waals surface area contributed by atoms with E-state index in [4.69, 9.17) is 27.8 Å². The number of nitrogens with two attached hydrogens (primary N) is 2. The molecule has 1 atom stereocenters. The predicted molar refractivity (Wildman–Crippen MR) is 67.0 cm³/mol. The summed E-state index contributed by atoms with van der Waals surface area (Å²) in [4.78, 5) is 13.0. The Hall–Kier alpha value is -1.53. The van der Waals surface area contributed by atoms with E-state index in [0.717, 1.165) is 0 Å². The van der Waals surface area contributed by atoms with Crippen LogP contribution in [-0.2, 0) is 9.53 Å². The van der Waals surface area contributed by atoms with Crippen molar-refractivity contribution in [1.29, 1.82) is 0 Å². The van der Waals surface area contributed by atoms with Crippen molar-refractivity contribution in [2.75, 3.05) is 30.4 Å². The second-order valence-electron chi connectivity index (χ2n) is 4.01. The van der Waals surface area contributed by atoms with E-state index in [0.29, 0.717) is 24.5 Å². The highest BCUT2D eigenvalue weighted by molar-refractivity contribution is 6.31. The summed E-state index contributed by atoms with van der Waals surface area (Å²) in [5, 5.41) is -0.0554. The maximum atomic E-state index is 13.5. The van der Waals surface area contributed by atoms with Gasteiger partial charge in [-0.2, -0.15) is 0 Å². The van der Waals surface area contributed by atoms with Crippen LogP contribution in [0.1, 0.15) is 0 Å². The number of anilines is 2. The largest absolute Gasteiger partial charge is 0.397 e. The summed E-state index contributed by atoms with van der Waals surface area (Å²) in [7, 11) is 0. The van der Waals surface area contributed by atoms with E-state index >= 15 is 0 Å². The molecule has 2 rings (SSSR count). The van der Waals surface area contributed by atoms with Gasteiger partial charge in [0.2, 0.25) is 5.91 Å². The molecule has 0 spiro atoms. The number of hydrogen-bond donors (Lipinski definition) is 2. The number of amides is 1. The summed E-state index contributed by atoms with van der Waals surface area (Å²) >= 11 is 5.63. The highest BCUT2D eigenvalue weighted by atomic mass is 35.5. The lowest BCUT2D eigenvalue weighted by molar-refractivity contribution is -0.121. The van der Waals surface area contributed by atoms with Gasteiger partial charge in [0.05, 0.1) is 29.6 Å². The second-order valence-corrected chi connectivity index (χ2v) is 4.42. The number of carbonyl (C=O) groups is 1. The van der Waals surface area contributed by atoms with Gasteiger partial charge >= 0.3 is 0 Å². The van der Waals surface area contributed by atoms with Gasteiger partial charge in [0, 0.05) is 12.6 Å². The van der Waals surface area contributed by atoms with Crippen molar-refractivity contribution in [1.82, 2.24) is 0 Å². The minimum Gasteiger partial charge on any atom is -0.397 e. The van der Waals surface area contributed by atoms with Crippen LogP contribution in [0.3, 0.4) is 0 Å². The number of halogens is 2. The summed E-state index contributed by atoms with van der Waals surface area (Å²) in [6, 6.07) is 1.88. The van der Waals surface area contributed by atoms with Crippen LogP contribution in [0.5, 0.6) is 0 Å². The number of ether oxygens (including phenoxy) is 1. The lowest BCUT2D eigenvalue weighted by Crippen LogP contribution is -2.52. The van der Waals surface area contributed by atoms with E-state index in [1.54, 1.807) is 4.90 Å². The number of rotatable bonds is 2. The van der Waals surface area contributed by atoms with Gasteiger partial charge in [0.25, 0.3) is 0 Å². The SMILES string of the molecule is NC(=O)C1COCCN1c1cc(F)c(Cl)cc1N. The molecule has 1 amide bonds. The maximum absolute atomic E-state index is 13.5. The van der Waals surface area contributed by atoms with Crippen LogP contribution in [-0.4, -0.2) is 31.7 Å². The highest BCUT2D eigenvalue weighted by Crippen LogP contribution is 2.31. The number of primary amides is 1. The van der Waals surface area contributed by atoms with Gasteiger partial charge in [0.1, 0.15) is 11.9 Å². The van der Waals surface area contributed by atoms with E-state index in [1.807, 2.05) is 0 Å². The summed E-state index contributed by atoms with van der Waals surface area (Å²) in [5.41, 5.74) is 11.8. The molecular formula is C11H13ClFN3O2. The molecule has 0 bridgehead atoms. The number of nitrogen functional groups attached to an aromatic ring is 1. The second kappa shape index (κ2) is 4.99. The molecule has 1 unspecified atom stereocenters. The van der Waals surface area contributed by atoms with Gasteiger partial charge in [0.15, 0.2) is 0 Å². The van der Waals surface area contributed by atoms with Crippen LogP contribution < -0.4 is 16.4 Å². The summed E-state index contributed by atoms with van der Waals surface area (Å²) in [5.74, 6) is -1.12. The van der Waals surface area contributed by atoms with Crippen LogP contribution in [0.4, 0.5) is 15.8 Å². The first-order valence-corrected chi connectivity index (χ1v) is 5.76. The summed E-state index contributed by atoms with van der Waals surface area (Å²) in [6.07, 6.45) is 0. The number of morpholine rings is 1. The molecule has 0 aliphatic carbocycles. The third-order valence-corrected chi connectivity index (χ3v) is 3.13. The Bertz CT molecular complexity index is 484. The Kier molecular flexibility index (Phi) is 3.58. The third-order valence-electron chi connectivity index (χ3n) is 2.84. The zero-order valence-corrected chi connectivity index (χ0v) is 10.3. The van der Waals surface area contributed by atoms with E-state index in [2.05, 4.69) is 0 Å². The molecule has 1 aliphatic rings. The molecule has 0 radical (unpaired) electrons. The van der Waals surface area contributed by atoms with Crippen LogP contribution in [0.2, 0.25) is 5.02 Å². The molecular weight excluding hydrogens is 261 g/mol.